The van der Waals surface area contributed by atoms with Crippen molar-refractivity contribution in [2.24, 2.45) is 0 Å². The minimum absolute atomic E-state index is 0.339. The molecule has 3 rings (SSSR count). The Kier molecular flexibility index (Phi) is 4.13. The van der Waals surface area contributed by atoms with Crippen molar-refractivity contribution in [2.75, 3.05) is 36.0 Å². The molecule has 22 heavy (non-hydrogen) atoms. The van der Waals surface area contributed by atoms with E-state index in [0.717, 1.165) is 5.69 Å². The largest absolute Gasteiger partial charge is 0.368 e. The van der Waals surface area contributed by atoms with Gasteiger partial charge in [-0.2, -0.15) is 4.39 Å². The van der Waals surface area contributed by atoms with Crippen molar-refractivity contribution in [1.82, 2.24) is 15.0 Å². The molecule has 0 amide bonds. The average molecular weight is 305 g/mol. The first-order valence-electron chi connectivity index (χ1n) is 7.30. The summed E-state index contributed by atoms with van der Waals surface area (Å²) < 4.78 is 27.5. The van der Waals surface area contributed by atoms with E-state index in [1.165, 1.54) is 18.6 Å². The number of nitrogens with zero attached hydrogens (tertiary/aromatic N) is 5. The van der Waals surface area contributed by atoms with E-state index < -0.39 is 5.95 Å². The second-order valence-electron chi connectivity index (χ2n) is 5.12. The van der Waals surface area contributed by atoms with Crippen molar-refractivity contribution in [1.29, 1.82) is 0 Å². The van der Waals surface area contributed by atoms with Crippen molar-refractivity contribution in [3.63, 3.8) is 0 Å². The number of halogens is 2. The molecular formula is C15H17F2N5. The lowest BCUT2D eigenvalue weighted by atomic mass is 10.2. The van der Waals surface area contributed by atoms with Gasteiger partial charge in [-0.15, -0.1) is 0 Å². The summed E-state index contributed by atoms with van der Waals surface area (Å²) in [6.07, 6.45) is 3.40. The maximum atomic E-state index is 14.3. The van der Waals surface area contributed by atoms with Crippen molar-refractivity contribution in [2.45, 2.75) is 13.3 Å². The zero-order valence-corrected chi connectivity index (χ0v) is 12.3. The van der Waals surface area contributed by atoms with Crippen LogP contribution < -0.4 is 9.80 Å². The molecule has 0 radical (unpaired) electrons. The van der Waals surface area contributed by atoms with Gasteiger partial charge in [-0.25, -0.2) is 19.3 Å². The highest BCUT2D eigenvalue weighted by molar-refractivity contribution is 5.49. The normalized spacial score (nSPS) is 15.2. The second-order valence-corrected chi connectivity index (χ2v) is 5.12. The molecule has 0 atom stereocenters. The molecule has 0 N–H and O–H groups in total. The molecule has 0 bridgehead atoms. The third-order valence-electron chi connectivity index (χ3n) is 3.83. The lowest BCUT2D eigenvalue weighted by molar-refractivity contribution is 0.565. The number of aryl methyl sites for hydroxylation is 1. The molecule has 0 spiro atoms. The van der Waals surface area contributed by atoms with Gasteiger partial charge >= 0.3 is 0 Å². The molecule has 0 aromatic carbocycles. The van der Waals surface area contributed by atoms with Gasteiger partial charge in [0.1, 0.15) is 6.33 Å². The molecule has 2 aromatic heterocycles. The van der Waals surface area contributed by atoms with E-state index in [2.05, 4.69) is 19.9 Å². The summed E-state index contributed by atoms with van der Waals surface area (Å²) in [5, 5.41) is 0. The highest BCUT2D eigenvalue weighted by atomic mass is 19.1. The quantitative estimate of drug-likeness (QED) is 0.812. The van der Waals surface area contributed by atoms with Gasteiger partial charge in [0.15, 0.2) is 11.6 Å². The van der Waals surface area contributed by atoms with E-state index in [1.807, 2.05) is 11.8 Å². The first kappa shape index (κ1) is 14.6. The number of hydrogen-bond acceptors (Lipinski definition) is 5. The van der Waals surface area contributed by atoms with E-state index >= 15 is 0 Å². The van der Waals surface area contributed by atoms with Crippen LogP contribution >= 0.6 is 0 Å². The monoisotopic (exact) mass is 305 g/mol. The average Bonchev–Trinajstić information content (AvgIpc) is 2.55. The molecule has 0 saturated carbocycles. The summed E-state index contributed by atoms with van der Waals surface area (Å²) >= 11 is 0. The van der Waals surface area contributed by atoms with Gasteiger partial charge in [0.25, 0.3) is 0 Å². The third-order valence-corrected chi connectivity index (χ3v) is 3.83. The van der Waals surface area contributed by atoms with E-state index in [1.54, 1.807) is 6.07 Å². The minimum Gasteiger partial charge on any atom is -0.368 e. The van der Waals surface area contributed by atoms with Gasteiger partial charge < -0.3 is 9.80 Å². The maximum Gasteiger partial charge on any atom is 0.214 e. The van der Waals surface area contributed by atoms with Gasteiger partial charge in [0, 0.05) is 44.1 Å². The number of anilines is 2. The lowest BCUT2D eigenvalue weighted by Crippen LogP contribution is -2.47. The molecule has 0 aliphatic carbocycles. The van der Waals surface area contributed by atoms with E-state index in [4.69, 9.17) is 0 Å². The van der Waals surface area contributed by atoms with Crippen LogP contribution in [0.5, 0.6) is 0 Å². The summed E-state index contributed by atoms with van der Waals surface area (Å²) in [6, 6.07) is 3.19. The van der Waals surface area contributed by atoms with Gasteiger partial charge in [0.2, 0.25) is 5.95 Å². The molecule has 2 aromatic rings. The van der Waals surface area contributed by atoms with Gasteiger partial charge in [-0.1, -0.05) is 6.92 Å². The highest BCUT2D eigenvalue weighted by Gasteiger charge is 2.22. The molecule has 1 aliphatic rings. The summed E-state index contributed by atoms with van der Waals surface area (Å²) in [5.74, 6) is -0.477. The molecule has 116 valence electrons. The molecule has 7 heteroatoms. The molecule has 3 heterocycles. The smallest absolute Gasteiger partial charge is 0.214 e. The van der Waals surface area contributed by atoms with Crippen LogP contribution in [-0.2, 0) is 6.42 Å². The molecule has 1 fully saturated rings. The van der Waals surface area contributed by atoms with Crippen LogP contribution in [0.25, 0.3) is 0 Å². The predicted molar refractivity (Wildman–Crippen MR) is 80.0 cm³/mol. The first-order chi connectivity index (χ1) is 10.7. The van der Waals surface area contributed by atoms with Gasteiger partial charge in [-0.3, -0.25) is 0 Å². The third kappa shape index (κ3) is 2.84. The summed E-state index contributed by atoms with van der Waals surface area (Å²) in [6.45, 7) is 4.47. The fraction of sp³-hybridized carbons (Fsp3) is 0.400. The number of aromatic nitrogens is 3. The molecule has 5 nitrogen and oxygen atoms in total. The van der Waals surface area contributed by atoms with Crippen LogP contribution in [0.4, 0.5) is 20.3 Å². The van der Waals surface area contributed by atoms with Crippen LogP contribution in [0.1, 0.15) is 12.6 Å². The molecular weight excluding hydrogens is 288 g/mol. The van der Waals surface area contributed by atoms with E-state index in [-0.39, 0.29) is 5.82 Å². The first-order valence-corrected chi connectivity index (χ1v) is 7.30. The SMILES string of the molecule is CCc1ncnc(N2CCN(c3ccnc(F)c3)CC2)c1F. The zero-order chi connectivity index (χ0) is 15.5. The number of pyridine rings is 1. The van der Waals surface area contributed by atoms with E-state index in [0.29, 0.717) is 44.1 Å². The van der Waals surface area contributed by atoms with Crippen LogP contribution in [-0.4, -0.2) is 41.1 Å². The van der Waals surface area contributed by atoms with Crippen LogP contribution in [0, 0.1) is 11.8 Å². The van der Waals surface area contributed by atoms with Crippen LogP contribution in [0.2, 0.25) is 0 Å². The topological polar surface area (TPSA) is 45.2 Å². The number of piperazine rings is 1. The Hall–Kier alpha value is -2.31. The fourth-order valence-corrected chi connectivity index (χ4v) is 2.63. The number of hydrogen-bond donors (Lipinski definition) is 0. The van der Waals surface area contributed by atoms with Crippen LogP contribution in [0.15, 0.2) is 24.7 Å². The Bertz CT molecular complexity index is 656. The number of rotatable bonds is 3. The van der Waals surface area contributed by atoms with Gasteiger partial charge in [0.05, 0.1) is 5.69 Å². The lowest BCUT2D eigenvalue weighted by Gasteiger charge is -2.36. The zero-order valence-electron chi connectivity index (χ0n) is 12.3. The summed E-state index contributed by atoms with van der Waals surface area (Å²) in [7, 11) is 0. The standard InChI is InChI=1S/C15H17F2N5/c1-2-12-14(17)15(20-10-19-12)22-7-5-21(6-8-22)11-3-4-18-13(16)9-11/h3-4,9-10H,2,5-8H2,1H3. The minimum atomic E-state index is -0.491. The highest BCUT2D eigenvalue weighted by Crippen LogP contribution is 2.22. The van der Waals surface area contributed by atoms with Crippen molar-refractivity contribution >= 4 is 11.5 Å². The van der Waals surface area contributed by atoms with Crippen molar-refractivity contribution in [3.8, 4) is 0 Å². The Morgan fingerprint density at radius 3 is 2.45 bits per heavy atom. The Balaban J connectivity index is 1.72. The second kappa shape index (κ2) is 6.21. The summed E-state index contributed by atoms with van der Waals surface area (Å²) in [4.78, 5) is 15.5. The van der Waals surface area contributed by atoms with E-state index in [9.17, 15) is 8.78 Å². The maximum absolute atomic E-state index is 14.3. The van der Waals surface area contributed by atoms with Crippen molar-refractivity contribution < 1.29 is 8.78 Å². The van der Waals surface area contributed by atoms with Crippen molar-refractivity contribution in [3.05, 3.63) is 42.1 Å². The van der Waals surface area contributed by atoms with Gasteiger partial charge in [-0.05, 0) is 12.5 Å². The summed E-state index contributed by atoms with van der Waals surface area (Å²) in [5.41, 5.74) is 1.23. The Labute approximate surface area is 127 Å². The Morgan fingerprint density at radius 1 is 1.05 bits per heavy atom. The molecule has 1 aliphatic heterocycles. The molecule has 1 saturated heterocycles. The van der Waals surface area contributed by atoms with Crippen LogP contribution in [0.3, 0.4) is 0 Å². The Morgan fingerprint density at radius 2 is 1.77 bits per heavy atom. The predicted octanol–water partition coefficient (Wildman–Crippen LogP) is 2.04. The fourth-order valence-electron chi connectivity index (χ4n) is 2.63. The molecule has 0 unspecified atom stereocenters.